The minimum atomic E-state index is -0.0281. The number of amides is 1. The number of halogens is 1. The highest BCUT2D eigenvalue weighted by molar-refractivity contribution is 6.30. The first-order valence-electron chi connectivity index (χ1n) is 10.4. The molecule has 0 aliphatic carbocycles. The molecule has 1 amide bonds. The Bertz CT molecular complexity index is 810. The third kappa shape index (κ3) is 6.69. The maximum Gasteiger partial charge on any atom is 0.220 e. The van der Waals surface area contributed by atoms with E-state index < -0.39 is 0 Å². The van der Waals surface area contributed by atoms with Gasteiger partial charge in [0.15, 0.2) is 5.78 Å². The lowest BCUT2D eigenvalue weighted by Crippen LogP contribution is -2.44. The summed E-state index contributed by atoms with van der Waals surface area (Å²) in [4.78, 5) is 26.9. The van der Waals surface area contributed by atoms with Gasteiger partial charge in [0.1, 0.15) is 0 Å². The van der Waals surface area contributed by atoms with Crippen LogP contribution < -0.4 is 5.32 Å². The van der Waals surface area contributed by atoms with Gasteiger partial charge in [-0.15, -0.1) is 0 Å². The number of benzene rings is 2. The smallest absolute Gasteiger partial charge is 0.220 e. The molecule has 1 fully saturated rings. The first kappa shape index (κ1) is 21.5. The Morgan fingerprint density at radius 3 is 2.21 bits per heavy atom. The largest absolute Gasteiger partial charge is 0.353 e. The molecule has 1 aliphatic heterocycles. The molecule has 1 heterocycles. The van der Waals surface area contributed by atoms with E-state index in [9.17, 15) is 9.59 Å². The second-order valence-electron chi connectivity index (χ2n) is 7.72. The number of nitrogens with zero attached hydrogens (tertiary/aromatic N) is 1. The summed E-state index contributed by atoms with van der Waals surface area (Å²) in [6.45, 7) is 4.90. The second-order valence-corrected chi connectivity index (χ2v) is 8.15. The molecular formula is C24H29ClN2O2. The number of carbonyl (C=O) groups is 2. The summed E-state index contributed by atoms with van der Waals surface area (Å²) in [5.41, 5.74) is 3.15. The maximum atomic E-state index is 12.3. The van der Waals surface area contributed by atoms with Gasteiger partial charge < -0.3 is 5.32 Å². The van der Waals surface area contributed by atoms with Crippen molar-refractivity contribution < 1.29 is 9.59 Å². The molecule has 0 saturated carbocycles. The highest BCUT2D eigenvalue weighted by Gasteiger charge is 2.21. The molecule has 2 aromatic rings. The molecule has 5 heteroatoms. The van der Waals surface area contributed by atoms with Crippen LogP contribution >= 0.6 is 11.6 Å². The number of ketones is 1. The van der Waals surface area contributed by atoms with E-state index in [4.69, 9.17) is 11.6 Å². The third-order valence-corrected chi connectivity index (χ3v) is 5.79. The van der Waals surface area contributed by atoms with Crippen LogP contribution in [0.5, 0.6) is 0 Å². The number of piperidine rings is 1. The monoisotopic (exact) mass is 412 g/mol. The van der Waals surface area contributed by atoms with Gasteiger partial charge in [-0.05, 0) is 42.5 Å². The van der Waals surface area contributed by atoms with Gasteiger partial charge in [-0.25, -0.2) is 0 Å². The van der Waals surface area contributed by atoms with Crippen molar-refractivity contribution in [3.8, 4) is 0 Å². The molecule has 4 nitrogen and oxygen atoms in total. The van der Waals surface area contributed by atoms with E-state index in [1.165, 1.54) is 11.1 Å². The zero-order valence-corrected chi connectivity index (χ0v) is 17.8. The Kier molecular flexibility index (Phi) is 7.84. The molecule has 2 aromatic carbocycles. The molecule has 29 heavy (non-hydrogen) atoms. The van der Waals surface area contributed by atoms with Crippen LogP contribution in [-0.2, 0) is 17.8 Å². The number of hydrogen-bond donors (Lipinski definition) is 1. The molecule has 0 bridgehead atoms. The van der Waals surface area contributed by atoms with Crippen molar-refractivity contribution in [1.82, 2.24) is 10.2 Å². The zero-order valence-electron chi connectivity index (χ0n) is 17.0. The molecule has 1 saturated heterocycles. The van der Waals surface area contributed by atoms with Crippen LogP contribution in [0, 0.1) is 0 Å². The average molecular weight is 413 g/mol. The van der Waals surface area contributed by atoms with Crippen molar-refractivity contribution in [2.45, 2.75) is 51.6 Å². The number of Topliss-reactive ketones (excluding diaryl/α,β-unsaturated/α-hetero) is 1. The van der Waals surface area contributed by atoms with Crippen LogP contribution in [0.1, 0.15) is 54.1 Å². The Morgan fingerprint density at radius 2 is 1.59 bits per heavy atom. The maximum absolute atomic E-state index is 12.3. The predicted molar refractivity (Wildman–Crippen MR) is 117 cm³/mol. The molecule has 0 atom stereocenters. The van der Waals surface area contributed by atoms with Crippen LogP contribution in [-0.4, -0.2) is 35.7 Å². The first-order chi connectivity index (χ1) is 14.0. The van der Waals surface area contributed by atoms with Gasteiger partial charge in [0.2, 0.25) is 5.91 Å². The molecule has 1 N–H and O–H groups in total. The first-order valence-corrected chi connectivity index (χ1v) is 10.8. The summed E-state index contributed by atoms with van der Waals surface area (Å²) >= 11 is 5.94. The highest BCUT2D eigenvalue weighted by Crippen LogP contribution is 2.16. The topological polar surface area (TPSA) is 49.4 Å². The van der Waals surface area contributed by atoms with Gasteiger partial charge in [-0.3, -0.25) is 14.5 Å². The highest BCUT2D eigenvalue weighted by atomic mass is 35.5. The number of hydrogen-bond acceptors (Lipinski definition) is 3. The Labute approximate surface area is 178 Å². The number of nitrogens with one attached hydrogen (secondary N) is 1. The van der Waals surface area contributed by atoms with Gasteiger partial charge in [0.25, 0.3) is 0 Å². The fraction of sp³-hybridized carbons (Fsp3) is 0.417. The average Bonchev–Trinajstić information content (AvgIpc) is 2.75. The van der Waals surface area contributed by atoms with E-state index in [1.54, 1.807) is 0 Å². The molecule has 1 aliphatic rings. The molecule has 3 rings (SSSR count). The Morgan fingerprint density at radius 1 is 0.966 bits per heavy atom. The van der Waals surface area contributed by atoms with E-state index in [2.05, 4.69) is 29.3 Å². The normalized spacial score (nSPS) is 15.2. The molecule has 154 valence electrons. The molecule has 0 aromatic heterocycles. The van der Waals surface area contributed by atoms with Gasteiger partial charge in [0.05, 0.1) is 0 Å². The summed E-state index contributed by atoms with van der Waals surface area (Å²) in [7, 11) is 0. The van der Waals surface area contributed by atoms with Gasteiger partial charge in [-0.2, -0.15) is 0 Å². The summed E-state index contributed by atoms with van der Waals surface area (Å²) in [5, 5.41) is 3.86. The molecule has 0 radical (unpaired) electrons. The van der Waals surface area contributed by atoms with E-state index >= 15 is 0 Å². The quantitative estimate of drug-likeness (QED) is 0.642. The lowest BCUT2D eigenvalue weighted by Gasteiger charge is -2.32. The summed E-state index contributed by atoms with van der Waals surface area (Å²) in [5.74, 6) is 0.000247. The van der Waals surface area contributed by atoms with Crippen molar-refractivity contribution in [2.75, 3.05) is 13.1 Å². The van der Waals surface area contributed by atoms with Crippen LogP contribution in [0.25, 0.3) is 0 Å². The summed E-state index contributed by atoms with van der Waals surface area (Å²) < 4.78 is 0. The van der Waals surface area contributed by atoms with Gasteiger partial charge >= 0.3 is 0 Å². The number of aryl methyl sites for hydroxylation is 1. The minimum Gasteiger partial charge on any atom is -0.353 e. The van der Waals surface area contributed by atoms with Crippen LogP contribution in [0.2, 0.25) is 5.02 Å². The van der Waals surface area contributed by atoms with E-state index in [0.717, 1.165) is 43.9 Å². The van der Waals surface area contributed by atoms with Gasteiger partial charge in [0, 0.05) is 49.1 Å². The standard InChI is InChI=1S/C24H29ClN2O2/c1-2-18-3-7-20(8-4-18)23(28)11-12-24(29)26-22-13-15-27(16-14-22)17-19-5-9-21(25)10-6-19/h3-10,22H,2,11-17H2,1H3,(H,26,29). The Balaban J connectivity index is 1.36. The van der Waals surface area contributed by atoms with Gasteiger partial charge in [-0.1, -0.05) is 54.9 Å². The summed E-state index contributed by atoms with van der Waals surface area (Å²) in [6.07, 6.45) is 3.33. The van der Waals surface area contributed by atoms with Crippen molar-refractivity contribution >= 4 is 23.3 Å². The van der Waals surface area contributed by atoms with Crippen molar-refractivity contribution in [3.05, 3.63) is 70.2 Å². The van der Waals surface area contributed by atoms with E-state index in [0.29, 0.717) is 5.56 Å². The minimum absolute atomic E-state index is 0.0281. The van der Waals surface area contributed by atoms with Crippen molar-refractivity contribution in [3.63, 3.8) is 0 Å². The predicted octanol–water partition coefficient (Wildman–Crippen LogP) is 4.65. The Hall–Kier alpha value is -2.17. The number of likely N-dealkylation sites (tertiary alicyclic amines) is 1. The lowest BCUT2D eigenvalue weighted by atomic mass is 10.0. The fourth-order valence-corrected chi connectivity index (χ4v) is 3.81. The SMILES string of the molecule is CCc1ccc(C(=O)CCC(=O)NC2CCN(Cc3ccc(Cl)cc3)CC2)cc1. The van der Waals surface area contributed by atoms with Crippen LogP contribution in [0.15, 0.2) is 48.5 Å². The fourth-order valence-electron chi connectivity index (χ4n) is 3.68. The van der Waals surface area contributed by atoms with Crippen LogP contribution in [0.4, 0.5) is 0 Å². The number of carbonyl (C=O) groups excluding carboxylic acids is 2. The molecule has 0 spiro atoms. The van der Waals surface area contributed by atoms with E-state index in [-0.39, 0.29) is 30.6 Å². The summed E-state index contributed by atoms with van der Waals surface area (Å²) in [6, 6.07) is 15.8. The van der Waals surface area contributed by atoms with Crippen molar-refractivity contribution in [2.24, 2.45) is 0 Å². The van der Waals surface area contributed by atoms with Crippen molar-refractivity contribution in [1.29, 1.82) is 0 Å². The second kappa shape index (κ2) is 10.6. The number of rotatable bonds is 8. The lowest BCUT2D eigenvalue weighted by molar-refractivity contribution is -0.122. The molecular weight excluding hydrogens is 384 g/mol. The van der Waals surface area contributed by atoms with Crippen LogP contribution in [0.3, 0.4) is 0 Å². The zero-order chi connectivity index (χ0) is 20.6. The van der Waals surface area contributed by atoms with E-state index in [1.807, 2.05) is 36.4 Å². The molecule has 0 unspecified atom stereocenters. The third-order valence-electron chi connectivity index (χ3n) is 5.54.